The molecule has 0 aliphatic rings. The minimum atomic E-state index is -3.66. The van der Waals surface area contributed by atoms with Crippen LogP contribution in [0, 0.1) is 0 Å². The van der Waals surface area contributed by atoms with E-state index in [0.717, 1.165) is 33.8 Å². The van der Waals surface area contributed by atoms with Crippen LogP contribution in [0.25, 0.3) is 0 Å². The molecule has 0 aliphatic heterocycles. The number of unbranched alkanes of at least 4 members (excludes halogenated alkanes) is 2. The van der Waals surface area contributed by atoms with Crippen LogP contribution in [-0.2, 0) is 23.6 Å². The zero-order chi connectivity index (χ0) is 13.6. The molecule has 0 saturated heterocycles. The molecular weight excluding hydrogens is 246 g/mol. The van der Waals surface area contributed by atoms with Crippen molar-refractivity contribution < 1.29 is 21.6 Å². The van der Waals surface area contributed by atoms with Crippen molar-refractivity contribution >= 4 is 10.4 Å². The average Bonchev–Trinajstić information content (AvgIpc) is 2.34. The molecule has 17 heavy (non-hydrogen) atoms. The van der Waals surface area contributed by atoms with Crippen LogP contribution in [0.2, 0.25) is 0 Å². The minimum absolute atomic E-state index is 0.728. The van der Waals surface area contributed by atoms with E-state index in [2.05, 4.69) is 27.3 Å². The van der Waals surface area contributed by atoms with Gasteiger partial charge in [0, 0.05) is 6.54 Å². The maximum Gasteiger partial charge on any atom is 0.399 e. The molecule has 1 N–H and O–H groups in total. The number of rotatable bonds is 9. The van der Waals surface area contributed by atoms with E-state index in [1.807, 2.05) is 0 Å². The normalized spacial score (nSPS) is 10.5. The van der Waals surface area contributed by atoms with Crippen molar-refractivity contribution in [1.82, 2.24) is 5.48 Å². The summed E-state index contributed by atoms with van der Waals surface area (Å²) in [6.45, 7) is 7.27. The SMILES string of the molecule is C=CCNOCCCCC.COS(=O)(=O)OC. The van der Waals surface area contributed by atoms with Gasteiger partial charge in [-0.2, -0.15) is 13.9 Å². The van der Waals surface area contributed by atoms with Gasteiger partial charge in [0.1, 0.15) is 0 Å². The first-order chi connectivity index (χ1) is 8.04. The summed E-state index contributed by atoms with van der Waals surface area (Å²) in [5.41, 5.74) is 2.78. The van der Waals surface area contributed by atoms with Gasteiger partial charge in [0.2, 0.25) is 0 Å². The standard InChI is InChI=1S/C8H17NO.C2H6O4S/c1-3-5-6-8-10-9-7-4-2;1-5-7(3,4)6-2/h4,9H,2-3,5-8H2,1H3;1-2H3. The quantitative estimate of drug-likeness (QED) is 0.387. The van der Waals surface area contributed by atoms with E-state index in [9.17, 15) is 8.42 Å². The van der Waals surface area contributed by atoms with Crippen LogP contribution in [0.15, 0.2) is 12.7 Å². The van der Waals surface area contributed by atoms with Gasteiger partial charge in [-0.3, -0.25) is 8.37 Å². The first-order valence-electron chi connectivity index (χ1n) is 5.35. The molecule has 0 saturated carbocycles. The van der Waals surface area contributed by atoms with Crippen LogP contribution in [0.5, 0.6) is 0 Å². The fraction of sp³-hybridized carbons (Fsp3) is 0.800. The Morgan fingerprint density at radius 1 is 1.24 bits per heavy atom. The lowest BCUT2D eigenvalue weighted by molar-refractivity contribution is 0.0460. The van der Waals surface area contributed by atoms with Crippen molar-refractivity contribution in [3.8, 4) is 0 Å². The summed E-state index contributed by atoms with van der Waals surface area (Å²) in [5.74, 6) is 0. The van der Waals surface area contributed by atoms with E-state index in [-0.39, 0.29) is 0 Å². The lowest BCUT2D eigenvalue weighted by atomic mass is 10.3. The largest absolute Gasteiger partial charge is 0.399 e. The second-order valence-electron chi connectivity index (χ2n) is 2.93. The zero-order valence-electron chi connectivity index (χ0n) is 10.8. The fourth-order valence-corrected chi connectivity index (χ4v) is 0.818. The highest BCUT2D eigenvalue weighted by molar-refractivity contribution is 7.81. The number of hydrogen-bond donors (Lipinski definition) is 1. The summed E-state index contributed by atoms with van der Waals surface area (Å²) >= 11 is 0. The van der Waals surface area contributed by atoms with Crippen LogP contribution >= 0.6 is 0 Å². The second-order valence-corrected chi connectivity index (χ2v) is 4.42. The van der Waals surface area contributed by atoms with Crippen LogP contribution in [0.1, 0.15) is 26.2 Å². The van der Waals surface area contributed by atoms with Crippen molar-refractivity contribution in [2.45, 2.75) is 26.2 Å². The van der Waals surface area contributed by atoms with Crippen LogP contribution in [0.4, 0.5) is 0 Å². The number of hydroxylamine groups is 1. The van der Waals surface area contributed by atoms with Crippen molar-refractivity contribution in [1.29, 1.82) is 0 Å². The van der Waals surface area contributed by atoms with Gasteiger partial charge in [-0.25, -0.2) is 0 Å². The van der Waals surface area contributed by atoms with E-state index in [0.29, 0.717) is 0 Å². The smallest absolute Gasteiger partial charge is 0.302 e. The molecule has 0 aromatic carbocycles. The summed E-state index contributed by atoms with van der Waals surface area (Å²) in [5, 5.41) is 0. The number of hydrogen-bond acceptors (Lipinski definition) is 6. The molecule has 0 atom stereocenters. The molecule has 0 radical (unpaired) electrons. The summed E-state index contributed by atoms with van der Waals surface area (Å²) < 4.78 is 27.5. The van der Waals surface area contributed by atoms with E-state index in [1.165, 1.54) is 12.8 Å². The third-order valence-corrected chi connectivity index (χ3v) is 2.40. The minimum Gasteiger partial charge on any atom is -0.302 e. The molecule has 0 spiro atoms. The van der Waals surface area contributed by atoms with Gasteiger partial charge < -0.3 is 4.84 Å². The molecule has 0 bridgehead atoms. The average molecular weight is 269 g/mol. The molecule has 0 unspecified atom stereocenters. The lowest BCUT2D eigenvalue weighted by Gasteiger charge is -2.01. The topological polar surface area (TPSA) is 73.9 Å². The Kier molecular flexibility index (Phi) is 15.1. The Bertz CT molecular complexity index is 243. The molecule has 0 aromatic rings. The van der Waals surface area contributed by atoms with E-state index in [4.69, 9.17) is 4.84 Å². The summed E-state index contributed by atoms with van der Waals surface area (Å²) in [7, 11) is -1.60. The first kappa shape index (κ1) is 18.9. The first-order valence-corrected chi connectivity index (χ1v) is 6.69. The van der Waals surface area contributed by atoms with Crippen LogP contribution < -0.4 is 5.48 Å². The predicted molar refractivity (Wildman–Crippen MR) is 66.6 cm³/mol. The molecule has 7 heteroatoms. The van der Waals surface area contributed by atoms with Crippen molar-refractivity contribution in [2.75, 3.05) is 27.4 Å². The summed E-state index contributed by atoms with van der Waals surface area (Å²) in [6.07, 6.45) is 5.40. The molecule has 104 valence electrons. The molecule has 0 aliphatic carbocycles. The highest BCUT2D eigenvalue weighted by atomic mass is 32.3. The van der Waals surface area contributed by atoms with E-state index in [1.54, 1.807) is 6.08 Å². The van der Waals surface area contributed by atoms with Crippen LogP contribution in [0.3, 0.4) is 0 Å². The maximum atomic E-state index is 9.92. The lowest BCUT2D eigenvalue weighted by Crippen LogP contribution is -2.14. The molecule has 0 amide bonds. The molecule has 0 rings (SSSR count). The molecule has 6 nitrogen and oxygen atoms in total. The zero-order valence-corrected chi connectivity index (χ0v) is 11.6. The third kappa shape index (κ3) is 18.1. The molecule has 0 heterocycles. The Morgan fingerprint density at radius 3 is 2.18 bits per heavy atom. The Morgan fingerprint density at radius 2 is 1.82 bits per heavy atom. The maximum absolute atomic E-state index is 9.92. The van der Waals surface area contributed by atoms with Crippen molar-refractivity contribution in [3.63, 3.8) is 0 Å². The predicted octanol–water partition coefficient (Wildman–Crippen LogP) is 1.41. The molecular formula is C10H23NO5S. The van der Waals surface area contributed by atoms with Crippen LogP contribution in [-0.4, -0.2) is 35.8 Å². The molecule has 0 fully saturated rings. The van der Waals surface area contributed by atoms with Gasteiger partial charge in [0.05, 0.1) is 20.8 Å². The van der Waals surface area contributed by atoms with Gasteiger partial charge in [-0.15, -0.1) is 6.58 Å². The van der Waals surface area contributed by atoms with Gasteiger partial charge in [-0.1, -0.05) is 25.8 Å². The van der Waals surface area contributed by atoms with Gasteiger partial charge >= 0.3 is 10.4 Å². The van der Waals surface area contributed by atoms with Crippen molar-refractivity contribution in [2.24, 2.45) is 0 Å². The molecule has 0 aromatic heterocycles. The summed E-state index contributed by atoms with van der Waals surface area (Å²) in [4.78, 5) is 5.05. The van der Waals surface area contributed by atoms with E-state index < -0.39 is 10.4 Å². The van der Waals surface area contributed by atoms with Crippen molar-refractivity contribution in [3.05, 3.63) is 12.7 Å². The fourth-order valence-electron chi connectivity index (χ4n) is 0.682. The van der Waals surface area contributed by atoms with Gasteiger partial charge in [0.15, 0.2) is 0 Å². The third-order valence-electron chi connectivity index (χ3n) is 1.59. The highest BCUT2D eigenvalue weighted by Crippen LogP contribution is 1.92. The second kappa shape index (κ2) is 13.6. The van der Waals surface area contributed by atoms with Gasteiger partial charge in [-0.05, 0) is 6.42 Å². The number of nitrogens with one attached hydrogen (secondary N) is 1. The summed E-state index contributed by atoms with van der Waals surface area (Å²) in [6, 6.07) is 0. The highest BCUT2D eigenvalue weighted by Gasteiger charge is 2.01. The monoisotopic (exact) mass is 269 g/mol. The Labute approximate surface area is 104 Å². The van der Waals surface area contributed by atoms with E-state index >= 15 is 0 Å². The van der Waals surface area contributed by atoms with Gasteiger partial charge in [0.25, 0.3) is 0 Å². The Hall–Kier alpha value is -0.470. The Balaban J connectivity index is 0.